The first-order valence-corrected chi connectivity index (χ1v) is 9.99. The standard InChI is InChI=1S/C21H31N3O/c1-16-4-2-5-17(14-16)15-21(9-10-21)23-20(25)19-6-3-13-24(19)18-7-11-22-12-8-18/h2,4-5,14,18-19,22H,3,6-13,15H2,1H3,(H,23,25)/t19-/m0/s1. The Bertz CT molecular complexity index is 619. The van der Waals surface area contributed by atoms with E-state index in [-0.39, 0.29) is 17.5 Å². The topological polar surface area (TPSA) is 44.4 Å². The van der Waals surface area contributed by atoms with E-state index < -0.39 is 0 Å². The lowest BCUT2D eigenvalue weighted by molar-refractivity contribution is -0.127. The summed E-state index contributed by atoms with van der Waals surface area (Å²) < 4.78 is 0. The SMILES string of the molecule is Cc1cccc(CC2(NC(=O)[C@@H]3CCCN3C3CCNCC3)CC2)c1. The fourth-order valence-corrected chi connectivity index (χ4v) is 4.70. The lowest BCUT2D eigenvalue weighted by Crippen LogP contribution is -2.53. The number of nitrogens with zero attached hydrogens (tertiary/aromatic N) is 1. The molecular formula is C21H31N3O. The van der Waals surface area contributed by atoms with E-state index in [1.807, 2.05) is 0 Å². The summed E-state index contributed by atoms with van der Waals surface area (Å²) >= 11 is 0. The molecule has 1 atom stereocenters. The first-order chi connectivity index (χ1) is 12.2. The van der Waals surface area contributed by atoms with Gasteiger partial charge >= 0.3 is 0 Å². The number of amides is 1. The molecule has 1 saturated carbocycles. The second-order valence-electron chi connectivity index (χ2n) is 8.31. The average molecular weight is 341 g/mol. The van der Waals surface area contributed by atoms with Crippen molar-refractivity contribution >= 4 is 5.91 Å². The van der Waals surface area contributed by atoms with Gasteiger partial charge in [-0.1, -0.05) is 29.8 Å². The summed E-state index contributed by atoms with van der Waals surface area (Å²) in [6.07, 6.45) is 7.75. The highest BCUT2D eigenvalue weighted by atomic mass is 16.2. The number of hydrogen-bond donors (Lipinski definition) is 2. The molecule has 1 aromatic rings. The molecule has 1 aromatic carbocycles. The first kappa shape index (κ1) is 17.0. The van der Waals surface area contributed by atoms with Crippen LogP contribution >= 0.6 is 0 Å². The number of piperidine rings is 1. The molecule has 0 unspecified atom stereocenters. The minimum atomic E-state index is 0.0211. The molecule has 2 heterocycles. The lowest BCUT2D eigenvalue weighted by atomic mass is 10.0. The van der Waals surface area contributed by atoms with E-state index in [2.05, 4.69) is 46.7 Å². The summed E-state index contributed by atoms with van der Waals surface area (Å²) in [6, 6.07) is 9.39. The maximum Gasteiger partial charge on any atom is 0.237 e. The normalized spacial score (nSPS) is 26.5. The molecule has 3 aliphatic rings. The van der Waals surface area contributed by atoms with E-state index in [9.17, 15) is 4.79 Å². The van der Waals surface area contributed by atoms with Crippen LogP contribution in [0.1, 0.15) is 49.7 Å². The van der Waals surface area contributed by atoms with Crippen molar-refractivity contribution in [1.82, 2.24) is 15.5 Å². The van der Waals surface area contributed by atoms with Crippen LogP contribution in [0.25, 0.3) is 0 Å². The third-order valence-corrected chi connectivity index (χ3v) is 6.24. The zero-order chi connectivity index (χ0) is 17.3. The van der Waals surface area contributed by atoms with Crippen LogP contribution in [0.2, 0.25) is 0 Å². The average Bonchev–Trinajstić information content (AvgIpc) is 3.18. The molecule has 0 spiro atoms. The molecule has 25 heavy (non-hydrogen) atoms. The van der Waals surface area contributed by atoms with E-state index >= 15 is 0 Å². The van der Waals surface area contributed by atoms with Crippen molar-refractivity contribution in [3.8, 4) is 0 Å². The minimum Gasteiger partial charge on any atom is -0.349 e. The Morgan fingerprint density at radius 2 is 2.08 bits per heavy atom. The molecule has 3 fully saturated rings. The van der Waals surface area contributed by atoms with E-state index in [1.54, 1.807) is 0 Å². The third-order valence-electron chi connectivity index (χ3n) is 6.24. The zero-order valence-corrected chi connectivity index (χ0v) is 15.4. The monoisotopic (exact) mass is 341 g/mol. The second-order valence-corrected chi connectivity index (χ2v) is 8.31. The number of rotatable bonds is 5. The van der Waals surface area contributed by atoms with Gasteiger partial charge in [0.15, 0.2) is 0 Å². The molecule has 4 rings (SSSR count). The first-order valence-electron chi connectivity index (χ1n) is 9.99. The molecule has 1 aliphatic carbocycles. The van der Waals surface area contributed by atoms with Crippen LogP contribution in [0.3, 0.4) is 0 Å². The van der Waals surface area contributed by atoms with Crippen LogP contribution in [0.4, 0.5) is 0 Å². The maximum atomic E-state index is 13.0. The van der Waals surface area contributed by atoms with Crippen LogP contribution < -0.4 is 10.6 Å². The van der Waals surface area contributed by atoms with Gasteiger partial charge in [-0.05, 0) is 77.1 Å². The highest BCUT2D eigenvalue weighted by Crippen LogP contribution is 2.39. The maximum absolute atomic E-state index is 13.0. The van der Waals surface area contributed by atoms with E-state index in [0.29, 0.717) is 6.04 Å². The van der Waals surface area contributed by atoms with Gasteiger partial charge in [-0.15, -0.1) is 0 Å². The summed E-state index contributed by atoms with van der Waals surface area (Å²) in [7, 11) is 0. The van der Waals surface area contributed by atoms with E-state index in [4.69, 9.17) is 0 Å². The van der Waals surface area contributed by atoms with Gasteiger partial charge in [0.25, 0.3) is 0 Å². The summed E-state index contributed by atoms with van der Waals surface area (Å²) in [5.41, 5.74) is 2.67. The molecule has 0 radical (unpaired) electrons. The summed E-state index contributed by atoms with van der Waals surface area (Å²) in [6.45, 7) is 5.41. The Morgan fingerprint density at radius 1 is 1.28 bits per heavy atom. The third kappa shape index (κ3) is 3.90. The Labute approximate surface area is 151 Å². The second kappa shape index (κ2) is 7.08. The van der Waals surface area contributed by atoms with Crippen LogP contribution in [-0.4, -0.2) is 48.1 Å². The smallest absolute Gasteiger partial charge is 0.237 e. The largest absolute Gasteiger partial charge is 0.349 e. The van der Waals surface area contributed by atoms with Crippen molar-refractivity contribution in [2.45, 2.75) is 69.5 Å². The van der Waals surface area contributed by atoms with E-state index in [1.165, 1.54) is 24.0 Å². The molecule has 0 aromatic heterocycles. The van der Waals surface area contributed by atoms with Crippen LogP contribution in [-0.2, 0) is 11.2 Å². The molecule has 2 N–H and O–H groups in total. The molecule has 2 saturated heterocycles. The van der Waals surface area contributed by atoms with Gasteiger partial charge < -0.3 is 10.6 Å². The van der Waals surface area contributed by atoms with Crippen LogP contribution in [0, 0.1) is 6.92 Å². The summed E-state index contributed by atoms with van der Waals surface area (Å²) in [4.78, 5) is 15.5. The number of likely N-dealkylation sites (tertiary alicyclic amines) is 1. The lowest BCUT2D eigenvalue weighted by Gasteiger charge is -2.35. The number of carbonyl (C=O) groups excluding carboxylic acids is 1. The van der Waals surface area contributed by atoms with Crippen molar-refractivity contribution in [2.75, 3.05) is 19.6 Å². The van der Waals surface area contributed by atoms with Gasteiger partial charge in [0.05, 0.1) is 6.04 Å². The van der Waals surface area contributed by atoms with Crippen LogP contribution in [0.15, 0.2) is 24.3 Å². The van der Waals surface area contributed by atoms with Crippen molar-refractivity contribution < 1.29 is 4.79 Å². The Balaban J connectivity index is 1.39. The van der Waals surface area contributed by atoms with Gasteiger partial charge in [-0.3, -0.25) is 9.69 Å². The van der Waals surface area contributed by atoms with Gasteiger partial charge in [0.2, 0.25) is 5.91 Å². The molecule has 1 amide bonds. The number of nitrogens with one attached hydrogen (secondary N) is 2. The predicted molar refractivity (Wildman–Crippen MR) is 101 cm³/mol. The molecule has 4 nitrogen and oxygen atoms in total. The van der Waals surface area contributed by atoms with Crippen molar-refractivity contribution in [2.24, 2.45) is 0 Å². The van der Waals surface area contributed by atoms with Gasteiger partial charge in [0.1, 0.15) is 0 Å². The Kier molecular flexibility index (Phi) is 4.83. The minimum absolute atomic E-state index is 0.0211. The molecule has 136 valence electrons. The molecule has 0 bridgehead atoms. The predicted octanol–water partition coefficient (Wildman–Crippen LogP) is 2.40. The fraction of sp³-hybridized carbons (Fsp3) is 0.667. The van der Waals surface area contributed by atoms with Gasteiger partial charge in [0, 0.05) is 11.6 Å². The number of benzene rings is 1. The van der Waals surface area contributed by atoms with Gasteiger partial charge in [-0.2, -0.15) is 0 Å². The fourth-order valence-electron chi connectivity index (χ4n) is 4.70. The van der Waals surface area contributed by atoms with Crippen LogP contribution in [0.5, 0.6) is 0 Å². The molecule has 2 aliphatic heterocycles. The highest BCUT2D eigenvalue weighted by molar-refractivity contribution is 5.83. The zero-order valence-electron chi connectivity index (χ0n) is 15.4. The molecule has 4 heteroatoms. The van der Waals surface area contributed by atoms with Gasteiger partial charge in [-0.25, -0.2) is 0 Å². The number of hydrogen-bond acceptors (Lipinski definition) is 3. The molecular weight excluding hydrogens is 310 g/mol. The summed E-state index contributed by atoms with van der Waals surface area (Å²) in [5, 5.41) is 6.89. The van der Waals surface area contributed by atoms with Crippen molar-refractivity contribution in [3.63, 3.8) is 0 Å². The number of aryl methyl sites for hydroxylation is 1. The summed E-state index contributed by atoms with van der Waals surface area (Å²) in [5.74, 6) is 0.279. The quantitative estimate of drug-likeness (QED) is 0.864. The number of carbonyl (C=O) groups is 1. The van der Waals surface area contributed by atoms with Crippen molar-refractivity contribution in [3.05, 3.63) is 35.4 Å². The van der Waals surface area contributed by atoms with Crippen molar-refractivity contribution in [1.29, 1.82) is 0 Å². The Hall–Kier alpha value is -1.39. The van der Waals surface area contributed by atoms with E-state index in [0.717, 1.165) is 51.7 Å². The Morgan fingerprint density at radius 3 is 2.80 bits per heavy atom. The highest BCUT2D eigenvalue weighted by Gasteiger charge is 2.46.